The van der Waals surface area contributed by atoms with Crippen LogP contribution in [-0.4, -0.2) is 24.8 Å². The number of benzene rings is 1. The van der Waals surface area contributed by atoms with Crippen molar-refractivity contribution in [1.82, 2.24) is 4.90 Å². The zero-order valence-electron chi connectivity index (χ0n) is 9.50. The quantitative estimate of drug-likeness (QED) is 0.569. The maximum atomic E-state index is 5.81. The number of halogens is 1. The SMILES string of the molecule is CCC(=NCc1ccc(Cl)cc1)N(C)C. The molecule has 1 aromatic rings. The first-order valence-electron chi connectivity index (χ1n) is 5.08. The molecule has 0 aliphatic rings. The van der Waals surface area contributed by atoms with Crippen molar-refractivity contribution in [3.63, 3.8) is 0 Å². The van der Waals surface area contributed by atoms with Crippen LogP contribution in [-0.2, 0) is 6.54 Å². The molecule has 0 saturated heterocycles. The molecular formula is C12H17ClN2. The van der Waals surface area contributed by atoms with Crippen LogP contribution < -0.4 is 0 Å². The lowest BCUT2D eigenvalue weighted by Crippen LogP contribution is -2.21. The van der Waals surface area contributed by atoms with E-state index in [4.69, 9.17) is 11.6 Å². The molecule has 0 N–H and O–H groups in total. The average molecular weight is 225 g/mol. The van der Waals surface area contributed by atoms with Crippen molar-refractivity contribution >= 4 is 17.4 Å². The molecule has 0 unspecified atom stereocenters. The van der Waals surface area contributed by atoms with Crippen LogP contribution in [0.5, 0.6) is 0 Å². The third-order valence-electron chi connectivity index (χ3n) is 2.19. The molecule has 0 saturated carbocycles. The Labute approximate surface area is 96.6 Å². The minimum Gasteiger partial charge on any atom is -0.366 e. The van der Waals surface area contributed by atoms with Crippen LogP contribution in [0.4, 0.5) is 0 Å². The second kappa shape index (κ2) is 5.76. The molecule has 1 rings (SSSR count). The van der Waals surface area contributed by atoms with Gasteiger partial charge in [0, 0.05) is 25.5 Å². The topological polar surface area (TPSA) is 15.6 Å². The second-order valence-electron chi connectivity index (χ2n) is 3.61. The lowest BCUT2D eigenvalue weighted by Gasteiger charge is -2.13. The summed E-state index contributed by atoms with van der Waals surface area (Å²) >= 11 is 5.81. The first-order valence-corrected chi connectivity index (χ1v) is 5.46. The maximum absolute atomic E-state index is 5.81. The Kier molecular flexibility index (Phi) is 4.63. The molecule has 0 bridgehead atoms. The van der Waals surface area contributed by atoms with Gasteiger partial charge in [0.15, 0.2) is 0 Å². The number of rotatable bonds is 3. The summed E-state index contributed by atoms with van der Waals surface area (Å²) in [6, 6.07) is 7.81. The van der Waals surface area contributed by atoms with E-state index in [0.29, 0.717) is 0 Å². The van der Waals surface area contributed by atoms with Crippen molar-refractivity contribution in [1.29, 1.82) is 0 Å². The summed E-state index contributed by atoms with van der Waals surface area (Å²) in [6.07, 6.45) is 0.959. The Bertz CT molecular complexity index is 328. The summed E-state index contributed by atoms with van der Waals surface area (Å²) < 4.78 is 0. The molecule has 82 valence electrons. The Morgan fingerprint density at radius 2 is 1.87 bits per heavy atom. The van der Waals surface area contributed by atoms with E-state index in [-0.39, 0.29) is 0 Å². The summed E-state index contributed by atoms with van der Waals surface area (Å²) in [5, 5.41) is 0.769. The highest BCUT2D eigenvalue weighted by Crippen LogP contribution is 2.10. The first-order chi connectivity index (χ1) is 7.13. The lowest BCUT2D eigenvalue weighted by molar-refractivity contribution is 0.602. The van der Waals surface area contributed by atoms with Crippen LogP contribution in [0.1, 0.15) is 18.9 Å². The van der Waals surface area contributed by atoms with Crippen LogP contribution in [0.3, 0.4) is 0 Å². The van der Waals surface area contributed by atoms with Gasteiger partial charge in [-0.2, -0.15) is 0 Å². The highest BCUT2D eigenvalue weighted by molar-refractivity contribution is 6.30. The van der Waals surface area contributed by atoms with E-state index in [0.717, 1.165) is 23.8 Å². The predicted octanol–water partition coefficient (Wildman–Crippen LogP) is 3.21. The van der Waals surface area contributed by atoms with Gasteiger partial charge in [0.2, 0.25) is 0 Å². The van der Waals surface area contributed by atoms with E-state index < -0.39 is 0 Å². The smallest absolute Gasteiger partial charge is 0.0985 e. The standard InChI is InChI=1S/C12H17ClN2/c1-4-12(15(2)3)14-9-10-5-7-11(13)8-6-10/h5-8H,4,9H2,1-3H3. The molecule has 0 radical (unpaired) electrons. The molecule has 0 amide bonds. The molecule has 15 heavy (non-hydrogen) atoms. The zero-order chi connectivity index (χ0) is 11.3. The molecule has 0 aromatic heterocycles. The van der Waals surface area contributed by atoms with Gasteiger partial charge >= 0.3 is 0 Å². The van der Waals surface area contributed by atoms with Gasteiger partial charge in [-0.3, -0.25) is 4.99 Å². The largest absolute Gasteiger partial charge is 0.366 e. The maximum Gasteiger partial charge on any atom is 0.0985 e. The van der Waals surface area contributed by atoms with Gasteiger partial charge in [-0.05, 0) is 17.7 Å². The Morgan fingerprint density at radius 1 is 1.27 bits per heavy atom. The third kappa shape index (κ3) is 3.92. The van der Waals surface area contributed by atoms with Crippen LogP contribution >= 0.6 is 11.6 Å². The fourth-order valence-electron chi connectivity index (χ4n) is 1.34. The summed E-state index contributed by atoms with van der Waals surface area (Å²) in [7, 11) is 4.04. The van der Waals surface area contributed by atoms with Gasteiger partial charge in [0.25, 0.3) is 0 Å². The van der Waals surface area contributed by atoms with Crippen LogP contribution in [0.25, 0.3) is 0 Å². The number of hydrogen-bond donors (Lipinski definition) is 0. The van der Waals surface area contributed by atoms with Crippen LogP contribution in [0, 0.1) is 0 Å². The number of amidine groups is 1. The Balaban J connectivity index is 2.66. The molecule has 0 atom stereocenters. The number of aliphatic imine (C=N–C) groups is 1. The first kappa shape index (κ1) is 12.1. The number of nitrogens with zero attached hydrogens (tertiary/aromatic N) is 2. The minimum atomic E-state index is 0.721. The highest BCUT2D eigenvalue weighted by atomic mass is 35.5. The average Bonchev–Trinajstić information content (AvgIpc) is 2.21. The van der Waals surface area contributed by atoms with E-state index in [9.17, 15) is 0 Å². The van der Waals surface area contributed by atoms with Crippen molar-refractivity contribution in [3.8, 4) is 0 Å². The molecule has 2 nitrogen and oxygen atoms in total. The van der Waals surface area contributed by atoms with Crippen molar-refractivity contribution in [3.05, 3.63) is 34.9 Å². The van der Waals surface area contributed by atoms with Crippen molar-refractivity contribution in [2.24, 2.45) is 4.99 Å². The van der Waals surface area contributed by atoms with Gasteiger partial charge in [-0.1, -0.05) is 30.7 Å². The van der Waals surface area contributed by atoms with Crippen molar-refractivity contribution in [2.45, 2.75) is 19.9 Å². The van der Waals surface area contributed by atoms with Crippen LogP contribution in [0.2, 0.25) is 5.02 Å². The van der Waals surface area contributed by atoms with Gasteiger partial charge in [0.05, 0.1) is 12.4 Å². The molecule has 1 aromatic carbocycles. The van der Waals surface area contributed by atoms with Gasteiger partial charge in [-0.25, -0.2) is 0 Å². The molecule has 3 heteroatoms. The second-order valence-corrected chi connectivity index (χ2v) is 4.04. The summed E-state index contributed by atoms with van der Waals surface area (Å²) in [5.41, 5.74) is 1.19. The summed E-state index contributed by atoms with van der Waals surface area (Å²) in [4.78, 5) is 6.59. The van der Waals surface area contributed by atoms with Gasteiger partial charge in [-0.15, -0.1) is 0 Å². The Hall–Kier alpha value is -1.02. The molecule has 0 aliphatic carbocycles. The van der Waals surface area contributed by atoms with Crippen LogP contribution in [0.15, 0.2) is 29.3 Å². The summed E-state index contributed by atoms with van der Waals surface area (Å²) in [6.45, 7) is 2.83. The predicted molar refractivity (Wildman–Crippen MR) is 66.6 cm³/mol. The monoisotopic (exact) mass is 224 g/mol. The van der Waals surface area contributed by atoms with Gasteiger partial charge in [0.1, 0.15) is 0 Å². The third-order valence-corrected chi connectivity index (χ3v) is 2.44. The zero-order valence-corrected chi connectivity index (χ0v) is 10.3. The van der Waals surface area contributed by atoms with E-state index in [2.05, 4.69) is 16.8 Å². The number of hydrogen-bond acceptors (Lipinski definition) is 1. The van der Waals surface area contributed by atoms with E-state index >= 15 is 0 Å². The Morgan fingerprint density at radius 3 is 2.33 bits per heavy atom. The normalized spacial score (nSPS) is 11.6. The lowest BCUT2D eigenvalue weighted by atomic mass is 10.2. The fourth-order valence-corrected chi connectivity index (χ4v) is 1.47. The van der Waals surface area contributed by atoms with E-state index in [1.165, 1.54) is 5.56 Å². The van der Waals surface area contributed by atoms with Gasteiger partial charge < -0.3 is 4.90 Å². The molecule has 0 heterocycles. The molecule has 0 aliphatic heterocycles. The van der Waals surface area contributed by atoms with Crippen molar-refractivity contribution in [2.75, 3.05) is 14.1 Å². The van der Waals surface area contributed by atoms with E-state index in [1.807, 2.05) is 38.4 Å². The highest BCUT2D eigenvalue weighted by Gasteiger charge is 1.98. The fraction of sp³-hybridized carbons (Fsp3) is 0.417. The molecule has 0 fully saturated rings. The molecule has 0 spiro atoms. The summed E-state index contributed by atoms with van der Waals surface area (Å²) in [5.74, 6) is 1.12. The minimum absolute atomic E-state index is 0.721. The van der Waals surface area contributed by atoms with E-state index in [1.54, 1.807) is 0 Å². The molecular weight excluding hydrogens is 208 g/mol. The van der Waals surface area contributed by atoms with Crippen molar-refractivity contribution < 1.29 is 0 Å².